The number of nitrogens with one attached hydrogen (secondary N) is 1. The maximum Gasteiger partial charge on any atom is 0.0184 e. The van der Waals surface area contributed by atoms with Gasteiger partial charge in [-0.2, -0.15) is 11.8 Å². The predicted octanol–water partition coefficient (Wildman–Crippen LogP) is 4.79. The molecule has 112 valence electrons. The van der Waals surface area contributed by atoms with E-state index in [1.165, 1.54) is 61.3 Å². The van der Waals surface area contributed by atoms with Crippen molar-refractivity contribution in [1.29, 1.82) is 0 Å². The summed E-state index contributed by atoms with van der Waals surface area (Å²) in [4.78, 5) is 0. The van der Waals surface area contributed by atoms with E-state index < -0.39 is 0 Å². The second-order valence-electron chi connectivity index (χ2n) is 6.08. The Hall–Kier alpha value is -0.470. The molecule has 2 rings (SSSR count). The average molecular weight is 292 g/mol. The van der Waals surface area contributed by atoms with Crippen LogP contribution in [0.2, 0.25) is 0 Å². The molecule has 2 atom stereocenters. The fourth-order valence-corrected chi connectivity index (χ4v) is 4.24. The van der Waals surface area contributed by atoms with Crippen molar-refractivity contribution in [2.75, 3.05) is 12.3 Å². The minimum absolute atomic E-state index is 0.800. The molecule has 0 aromatic heterocycles. The maximum absolute atomic E-state index is 3.74. The van der Waals surface area contributed by atoms with Gasteiger partial charge >= 0.3 is 0 Å². The first-order valence-corrected chi connectivity index (χ1v) is 9.31. The van der Waals surface area contributed by atoms with Crippen LogP contribution in [0.15, 0.2) is 24.3 Å². The van der Waals surface area contributed by atoms with Gasteiger partial charge in [-0.3, -0.25) is 0 Å². The number of aryl methyl sites for hydroxylation is 1. The van der Waals surface area contributed by atoms with Crippen molar-refractivity contribution in [3.63, 3.8) is 0 Å². The topological polar surface area (TPSA) is 12.0 Å². The van der Waals surface area contributed by atoms with Gasteiger partial charge in [0.25, 0.3) is 0 Å². The minimum atomic E-state index is 0.800. The Kier molecular flexibility index (Phi) is 6.95. The lowest BCUT2D eigenvalue weighted by atomic mass is 10.0. The highest BCUT2D eigenvalue weighted by molar-refractivity contribution is 7.98. The van der Waals surface area contributed by atoms with Crippen LogP contribution in [0.25, 0.3) is 0 Å². The van der Waals surface area contributed by atoms with Crippen molar-refractivity contribution < 1.29 is 0 Å². The molecule has 2 unspecified atom stereocenters. The summed E-state index contributed by atoms with van der Waals surface area (Å²) in [5, 5.41) is 3.74. The molecule has 1 N–H and O–H groups in total. The minimum Gasteiger partial charge on any atom is -0.314 e. The summed E-state index contributed by atoms with van der Waals surface area (Å²) in [5.74, 6) is 3.40. The summed E-state index contributed by atoms with van der Waals surface area (Å²) in [5.41, 5.74) is 2.85. The van der Waals surface area contributed by atoms with Crippen LogP contribution in [0.5, 0.6) is 0 Å². The largest absolute Gasteiger partial charge is 0.314 e. The van der Waals surface area contributed by atoms with Gasteiger partial charge in [-0.1, -0.05) is 43.2 Å². The number of hydrogen-bond donors (Lipinski definition) is 1. The van der Waals surface area contributed by atoms with Gasteiger partial charge in [-0.15, -0.1) is 0 Å². The molecule has 0 radical (unpaired) electrons. The van der Waals surface area contributed by atoms with E-state index in [-0.39, 0.29) is 0 Å². The van der Waals surface area contributed by atoms with Crippen molar-refractivity contribution in [3.8, 4) is 0 Å². The first-order valence-electron chi connectivity index (χ1n) is 8.16. The normalized spacial score (nSPS) is 22.3. The zero-order chi connectivity index (χ0) is 14.2. The summed E-state index contributed by atoms with van der Waals surface area (Å²) < 4.78 is 0. The van der Waals surface area contributed by atoms with Gasteiger partial charge in [-0.25, -0.2) is 0 Å². The Morgan fingerprint density at radius 2 is 2.20 bits per heavy atom. The summed E-state index contributed by atoms with van der Waals surface area (Å²) >= 11 is 2.10. The van der Waals surface area contributed by atoms with Gasteiger partial charge in [0.05, 0.1) is 0 Å². The van der Waals surface area contributed by atoms with E-state index in [1.807, 2.05) is 0 Å². The number of benzene rings is 1. The van der Waals surface area contributed by atoms with Crippen LogP contribution in [-0.2, 0) is 5.75 Å². The van der Waals surface area contributed by atoms with Gasteiger partial charge in [0.2, 0.25) is 0 Å². The van der Waals surface area contributed by atoms with Crippen LogP contribution < -0.4 is 5.32 Å². The SMILES string of the molecule is CCCNC1CCCC1CCSCc1cccc(C)c1. The van der Waals surface area contributed by atoms with Gasteiger partial charge < -0.3 is 5.32 Å². The van der Waals surface area contributed by atoms with Gasteiger partial charge in [0, 0.05) is 11.8 Å². The Bertz CT molecular complexity index is 391. The van der Waals surface area contributed by atoms with E-state index in [1.54, 1.807) is 0 Å². The standard InChI is InChI=1S/C18H29NS/c1-3-11-19-18-9-5-8-17(18)10-12-20-14-16-7-4-6-15(2)13-16/h4,6-7,13,17-19H,3,5,8-12,14H2,1-2H3. The van der Waals surface area contributed by atoms with Crippen LogP contribution in [0.1, 0.15) is 50.2 Å². The maximum atomic E-state index is 3.74. The summed E-state index contributed by atoms with van der Waals surface area (Å²) in [6.45, 7) is 5.63. The highest BCUT2D eigenvalue weighted by Crippen LogP contribution is 2.30. The predicted molar refractivity (Wildman–Crippen MR) is 91.4 cm³/mol. The van der Waals surface area contributed by atoms with Crippen LogP contribution in [0.3, 0.4) is 0 Å². The highest BCUT2D eigenvalue weighted by Gasteiger charge is 2.25. The Morgan fingerprint density at radius 3 is 3.00 bits per heavy atom. The second kappa shape index (κ2) is 8.74. The molecule has 1 aromatic carbocycles. The molecule has 20 heavy (non-hydrogen) atoms. The van der Waals surface area contributed by atoms with E-state index in [0.29, 0.717) is 0 Å². The van der Waals surface area contributed by atoms with Crippen molar-refractivity contribution >= 4 is 11.8 Å². The number of rotatable bonds is 8. The average Bonchev–Trinajstić information content (AvgIpc) is 2.89. The van der Waals surface area contributed by atoms with Crippen LogP contribution >= 0.6 is 11.8 Å². The van der Waals surface area contributed by atoms with Gasteiger partial charge in [0.1, 0.15) is 0 Å². The molecule has 1 aliphatic carbocycles. The van der Waals surface area contributed by atoms with Crippen LogP contribution in [0, 0.1) is 12.8 Å². The molecule has 0 aliphatic heterocycles. The van der Waals surface area contributed by atoms with Crippen molar-refractivity contribution in [1.82, 2.24) is 5.32 Å². The Labute approximate surface area is 128 Å². The van der Waals surface area contributed by atoms with Crippen LogP contribution in [-0.4, -0.2) is 18.3 Å². The lowest BCUT2D eigenvalue weighted by Gasteiger charge is -2.20. The zero-order valence-corrected chi connectivity index (χ0v) is 13.8. The lowest BCUT2D eigenvalue weighted by molar-refractivity contribution is 0.393. The fraction of sp³-hybridized carbons (Fsp3) is 0.667. The lowest BCUT2D eigenvalue weighted by Crippen LogP contribution is -2.33. The van der Waals surface area contributed by atoms with E-state index in [0.717, 1.165) is 12.0 Å². The summed E-state index contributed by atoms with van der Waals surface area (Å²) in [6, 6.07) is 9.72. The monoisotopic (exact) mass is 291 g/mol. The Morgan fingerprint density at radius 1 is 1.30 bits per heavy atom. The number of hydrogen-bond acceptors (Lipinski definition) is 2. The van der Waals surface area contributed by atoms with E-state index in [9.17, 15) is 0 Å². The van der Waals surface area contributed by atoms with E-state index in [4.69, 9.17) is 0 Å². The Balaban J connectivity index is 1.65. The molecule has 0 heterocycles. The summed E-state index contributed by atoms with van der Waals surface area (Å²) in [6.07, 6.45) is 6.90. The first kappa shape index (κ1) is 15.9. The number of thioether (sulfide) groups is 1. The third-order valence-corrected chi connectivity index (χ3v) is 5.36. The molecule has 0 amide bonds. The van der Waals surface area contributed by atoms with Crippen molar-refractivity contribution in [2.24, 2.45) is 5.92 Å². The summed E-state index contributed by atoms with van der Waals surface area (Å²) in [7, 11) is 0. The van der Waals surface area contributed by atoms with E-state index in [2.05, 4.69) is 55.2 Å². The van der Waals surface area contributed by atoms with Gasteiger partial charge in [-0.05, 0) is 56.4 Å². The molecule has 0 saturated heterocycles. The van der Waals surface area contributed by atoms with Crippen molar-refractivity contribution in [3.05, 3.63) is 35.4 Å². The first-order chi connectivity index (χ1) is 9.79. The molecule has 1 aliphatic rings. The molecule has 0 spiro atoms. The molecule has 1 aromatic rings. The smallest absolute Gasteiger partial charge is 0.0184 e. The van der Waals surface area contributed by atoms with Crippen LogP contribution in [0.4, 0.5) is 0 Å². The quantitative estimate of drug-likeness (QED) is 0.691. The highest BCUT2D eigenvalue weighted by atomic mass is 32.2. The molecular formula is C18H29NS. The molecular weight excluding hydrogens is 262 g/mol. The molecule has 1 fully saturated rings. The molecule has 1 saturated carbocycles. The third kappa shape index (κ3) is 5.14. The van der Waals surface area contributed by atoms with Gasteiger partial charge in [0.15, 0.2) is 0 Å². The molecule has 0 bridgehead atoms. The molecule has 2 heteroatoms. The van der Waals surface area contributed by atoms with Crippen molar-refractivity contribution in [2.45, 2.75) is 57.7 Å². The molecule has 1 nitrogen and oxygen atoms in total. The third-order valence-electron chi connectivity index (χ3n) is 4.30. The zero-order valence-electron chi connectivity index (χ0n) is 13.0. The second-order valence-corrected chi connectivity index (χ2v) is 7.19. The fourth-order valence-electron chi connectivity index (χ4n) is 3.21. The van der Waals surface area contributed by atoms with E-state index >= 15 is 0 Å².